The highest BCUT2D eigenvalue weighted by atomic mass is 16.6. The molecule has 1 unspecified atom stereocenters. The highest BCUT2D eigenvalue weighted by Gasteiger charge is 2.32. The molecule has 0 radical (unpaired) electrons. The molecule has 3 saturated heterocycles. The van der Waals surface area contributed by atoms with E-state index in [0.717, 1.165) is 91.4 Å². The molecule has 3 fully saturated rings. The maximum Gasteiger partial charge on any atom is 0.410 e. The number of hydrogen-bond donors (Lipinski definition) is 2. The Kier molecular flexibility index (Phi) is 9.36. The van der Waals surface area contributed by atoms with Crippen LogP contribution in [0.5, 0.6) is 0 Å². The number of amides is 1. The van der Waals surface area contributed by atoms with Gasteiger partial charge in [-0.05, 0) is 19.4 Å². The smallest absolute Gasteiger partial charge is 0.410 e. The summed E-state index contributed by atoms with van der Waals surface area (Å²) in [5.41, 5.74) is 5.54. The second-order valence-corrected chi connectivity index (χ2v) is 8.84. The summed E-state index contributed by atoms with van der Waals surface area (Å²) in [4.78, 5) is 34.3. The summed E-state index contributed by atoms with van der Waals surface area (Å²) in [6, 6.07) is 0. The van der Waals surface area contributed by atoms with E-state index in [1.165, 1.54) is 7.11 Å². The molecule has 11 nitrogen and oxygen atoms in total. The van der Waals surface area contributed by atoms with Crippen molar-refractivity contribution >= 4 is 18.0 Å². The lowest BCUT2D eigenvalue weighted by atomic mass is 10.2. The Morgan fingerprint density at radius 2 is 1.59 bits per heavy atom. The molecule has 11 heteroatoms. The van der Waals surface area contributed by atoms with Crippen LogP contribution in [0.1, 0.15) is 19.3 Å². The van der Waals surface area contributed by atoms with Gasteiger partial charge in [0.25, 0.3) is 0 Å². The van der Waals surface area contributed by atoms with Crippen molar-refractivity contribution in [1.29, 1.82) is 5.41 Å². The minimum atomic E-state index is -0.193. The van der Waals surface area contributed by atoms with Gasteiger partial charge in [-0.15, -0.1) is 0 Å². The monoisotopic (exact) mass is 453 g/mol. The number of methoxy groups -OCH3 is 1. The molecule has 1 amide bonds. The molecule has 1 atom stereocenters. The van der Waals surface area contributed by atoms with Crippen molar-refractivity contribution in [2.24, 2.45) is 5.73 Å². The Morgan fingerprint density at radius 1 is 1.00 bits per heavy atom. The number of carbonyl (C=O) groups is 2. The first-order valence-electron chi connectivity index (χ1n) is 11.7. The first-order valence-corrected chi connectivity index (χ1v) is 11.7. The Morgan fingerprint density at radius 3 is 2.25 bits per heavy atom. The largest absolute Gasteiger partial charge is 0.469 e. The van der Waals surface area contributed by atoms with Gasteiger partial charge in [0.1, 0.15) is 6.10 Å². The number of carbonyl (C=O) groups excluding carboxylic acids is 2. The van der Waals surface area contributed by atoms with E-state index < -0.39 is 0 Å². The number of nitrogens with zero attached hydrogens (tertiary/aromatic N) is 5. The molecule has 3 N–H and O–H groups in total. The number of nitrogens with two attached hydrogens (primary N) is 1. The van der Waals surface area contributed by atoms with Crippen LogP contribution in [0.15, 0.2) is 0 Å². The summed E-state index contributed by atoms with van der Waals surface area (Å²) in [6.07, 6.45) is 2.18. The lowest BCUT2D eigenvalue weighted by Gasteiger charge is -2.35. The molecule has 0 saturated carbocycles. The van der Waals surface area contributed by atoms with Crippen LogP contribution < -0.4 is 5.73 Å². The number of ether oxygens (including phenoxy) is 2. The van der Waals surface area contributed by atoms with Gasteiger partial charge in [0.2, 0.25) is 0 Å². The molecule has 0 aliphatic carbocycles. The Balaban J connectivity index is 1.26. The molecule has 0 aromatic heterocycles. The van der Waals surface area contributed by atoms with Crippen molar-refractivity contribution in [2.45, 2.75) is 25.4 Å². The predicted octanol–water partition coefficient (Wildman–Crippen LogP) is -0.721. The third-order valence-electron chi connectivity index (χ3n) is 6.60. The SMILES string of the molecule is COC(=O)CCN1CCN(CC2CN(CCCCN3CCN(C(=N)N)CC3)C(=O)O2)CC1. The van der Waals surface area contributed by atoms with Crippen LogP contribution in [0.4, 0.5) is 4.79 Å². The van der Waals surface area contributed by atoms with E-state index in [-0.39, 0.29) is 24.1 Å². The van der Waals surface area contributed by atoms with Crippen LogP contribution in [-0.4, -0.2) is 141 Å². The number of guanidine groups is 1. The quantitative estimate of drug-likeness (QED) is 0.191. The number of esters is 1. The lowest BCUT2D eigenvalue weighted by molar-refractivity contribution is -0.141. The van der Waals surface area contributed by atoms with Crippen molar-refractivity contribution in [1.82, 2.24) is 24.5 Å². The normalized spacial score (nSPS) is 23.4. The molecule has 0 aromatic carbocycles. The zero-order chi connectivity index (χ0) is 22.9. The second-order valence-electron chi connectivity index (χ2n) is 8.84. The number of rotatable bonds is 10. The van der Waals surface area contributed by atoms with Crippen molar-refractivity contribution in [3.05, 3.63) is 0 Å². The molecule has 0 spiro atoms. The molecule has 0 bridgehead atoms. The standard InChI is InChI=1S/C21H39N7O4/c1-31-19(29)4-7-25-8-10-26(11-9-25)16-18-17-28(21(30)32-18)6-3-2-5-24-12-14-27(15-13-24)20(22)23/h18H,2-17H2,1H3,(H3,22,23). The molecule has 32 heavy (non-hydrogen) atoms. The third-order valence-corrected chi connectivity index (χ3v) is 6.60. The van der Waals surface area contributed by atoms with Crippen LogP contribution >= 0.6 is 0 Å². The van der Waals surface area contributed by atoms with E-state index in [1.54, 1.807) is 0 Å². The Hall–Kier alpha value is -2.11. The lowest BCUT2D eigenvalue weighted by Crippen LogP contribution is -2.50. The van der Waals surface area contributed by atoms with Gasteiger partial charge in [0.05, 0.1) is 20.1 Å². The van der Waals surface area contributed by atoms with Gasteiger partial charge in [0.15, 0.2) is 5.96 Å². The third kappa shape index (κ3) is 7.49. The van der Waals surface area contributed by atoms with Gasteiger partial charge in [0, 0.05) is 72.0 Å². The highest BCUT2D eigenvalue weighted by Crippen LogP contribution is 2.15. The zero-order valence-electron chi connectivity index (χ0n) is 19.3. The van der Waals surface area contributed by atoms with Gasteiger partial charge < -0.3 is 29.9 Å². The molecule has 0 aromatic rings. The fourth-order valence-electron chi connectivity index (χ4n) is 4.54. The molecular formula is C21H39N7O4. The number of cyclic esters (lactones) is 1. The van der Waals surface area contributed by atoms with Crippen LogP contribution in [0.25, 0.3) is 0 Å². The Bertz CT molecular complexity index is 634. The molecule has 3 aliphatic heterocycles. The molecule has 182 valence electrons. The summed E-state index contributed by atoms with van der Waals surface area (Å²) < 4.78 is 10.3. The zero-order valence-corrected chi connectivity index (χ0v) is 19.3. The van der Waals surface area contributed by atoms with Gasteiger partial charge >= 0.3 is 12.1 Å². The fourth-order valence-corrected chi connectivity index (χ4v) is 4.54. The summed E-state index contributed by atoms with van der Waals surface area (Å²) in [5, 5.41) is 7.50. The predicted molar refractivity (Wildman–Crippen MR) is 121 cm³/mol. The van der Waals surface area contributed by atoms with E-state index in [1.807, 2.05) is 9.80 Å². The van der Waals surface area contributed by atoms with Crippen molar-refractivity contribution in [2.75, 3.05) is 92.2 Å². The minimum absolute atomic E-state index is 0.0659. The van der Waals surface area contributed by atoms with Crippen molar-refractivity contribution in [3.63, 3.8) is 0 Å². The van der Waals surface area contributed by atoms with Crippen LogP contribution in [0.3, 0.4) is 0 Å². The van der Waals surface area contributed by atoms with E-state index in [0.29, 0.717) is 13.0 Å². The summed E-state index contributed by atoms with van der Waals surface area (Å²) in [6.45, 7) is 11.1. The number of hydrogen-bond acceptors (Lipinski definition) is 8. The first-order chi connectivity index (χ1) is 15.4. The van der Waals surface area contributed by atoms with Crippen LogP contribution in [0, 0.1) is 5.41 Å². The van der Waals surface area contributed by atoms with Crippen LogP contribution in [-0.2, 0) is 14.3 Å². The van der Waals surface area contributed by atoms with Crippen molar-refractivity contribution in [3.8, 4) is 0 Å². The number of unbranched alkanes of at least 4 members (excludes halogenated alkanes) is 1. The fraction of sp³-hybridized carbons (Fsp3) is 0.857. The summed E-state index contributed by atoms with van der Waals surface area (Å²) >= 11 is 0. The minimum Gasteiger partial charge on any atom is -0.469 e. The van der Waals surface area contributed by atoms with Gasteiger partial charge in [-0.3, -0.25) is 20.0 Å². The van der Waals surface area contributed by atoms with E-state index in [4.69, 9.17) is 20.6 Å². The first kappa shape index (κ1) is 24.5. The van der Waals surface area contributed by atoms with Crippen molar-refractivity contribution < 1.29 is 19.1 Å². The van der Waals surface area contributed by atoms with E-state index in [9.17, 15) is 9.59 Å². The highest BCUT2D eigenvalue weighted by molar-refractivity contribution is 5.74. The number of piperazine rings is 2. The Labute approximate surface area is 190 Å². The van der Waals surface area contributed by atoms with Gasteiger partial charge in [-0.1, -0.05) is 0 Å². The van der Waals surface area contributed by atoms with Gasteiger partial charge in [-0.25, -0.2) is 4.79 Å². The maximum atomic E-state index is 12.2. The average Bonchev–Trinajstić information content (AvgIpc) is 3.15. The summed E-state index contributed by atoms with van der Waals surface area (Å²) in [7, 11) is 1.42. The maximum absolute atomic E-state index is 12.2. The van der Waals surface area contributed by atoms with Crippen LogP contribution in [0.2, 0.25) is 0 Å². The van der Waals surface area contributed by atoms with Gasteiger partial charge in [-0.2, -0.15) is 0 Å². The average molecular weight is 454 g/mol. The second kappa shape index (κ2) is 12.2. The molecule has 3 heterocycles. The molecule has 3 rings (SSSR count). The molecular weight excluding hydrogens is 414 g/mol. The molecule has 3 aliphatic rings. The topological polar surface area (TPSA) is 119 Å². The van der Waals surface area contributed by atoms with E-state index >= 15 is 0 Å². The summed E-state index contributed by atoms with van der Waals surface area (Å²) in [5.74, 6) is -0.00635. The van der Waals surface area contributed by atoms with E-state index in [2.05, 4.69) is 14.7 Å². The number of nitrogens with one attached hydrogen (secondary N) is 1.